The second-order valence-corrected chi connectivity index (χ2v) is 7.50. The first-order valence-electron chi connectivity index (χ1n) is 10.6. The van der Waals surface area contributed by atoms with Crippen LogP contribution >= 0.6 is 0 Å². The number of anilines is 1. The number of piperazine rings is 1. The van der Waals surface area contributed by atoms with Crippen LogP contribution in [-0.4, -0.2) is 61.2 Å². The van der Waals surface area contributed by atoms with Crippen molar-refractivity contribution in [3.05, 3.63) is 59.4 Å². The number of carbonyl (C=O) groups excluding carboxylic acids is 2. The van der Waals surface area contributed by atoms with E-state index in [2.05, 4.69) is 11.5 Å². The highest BCUT2D eigenvalue weighted by Crippen LogP contribution is 2.29. The zero-order chi connectivity index (χ0) is 22.5. The van der Waals surface area contributed by atoms with E-state index in [1.165, 1.54) is 0 Å². The summed E-state index contributed by atoms with van der Waals surface area (Å²) in [5.74, 6) is 0.363. The summed E-state index contributed by atoms with van der Waals surface area (Å²) in [6.07, 6.45) is 1.72. The van der Waals surface area contributed by atoms with Gasteiger partial charge in [0.1, 0.15) is 11.4 Å². The molecule has 166 valence electrons. The molecule has 0 aliphatic carbocycles. The van der Waals surface area contributed by atoms with Crippen LogP contribution in [0.25, 0.3) is 0 Å². The molecule has 1 fully saturated rings. The molecule has 1 aromatic carbocycles. The molecule has 31 heavy (non-hydrogen) atoms. The molecule has 0 saturated carbocycles. The predicted molar refractivity (Wildman–Crippen MR) is 121 cm³/mol. The number of rotatable bonds is 7. The van der Waals surface area contributed by atoms with Gasteiger partial charge in [0.2, 0.25) is 0 Å². The summed E-state index contributed by atoms with van der Waals surface area (Å²) in [6.45, 7) is 12.6. The average Bonchev–Trinajstić information content (AvgIpc) is 3.03. The van der Waals surface area contributed by atoms with E-state index in [9.17, 15) is 9.59 Å². The van der Waals surface area contributed by atoms with Crippen LogP contribution in [0.3, 0.4) is 0 Å². The lowest BCUT2D eigenvalue weighted by atomic mass is 10.1. The zero-order valence-corrected chi connectivity index (χ0v) is 18.8. The predicted octanol–water partition coefficient (Wildman–Crippen LogP) is 3.44. The summed E-state index contributed by atoms with van der Waals surface area (Å²) in [7, 11) is 1.67. The summed E-state index contributed by atoms with van der Waals surface area (Å²) >= 11 is 0. The molecule has 7 heteroatoms. The van der Waals surface area contributed by atoms with Gasteiger partial charge in [-0.3, -0.25) is 4.79 Å². The molecule has 0 radical (unpaired) electrons. The normalized spacial score (nSPS) is 13.8. The quantitative estimate of drug-likeness (QED) is 0.502. The second-order valence-electron chi connectivity index (χ2n) is 7.50. The lowest BCUT2D eigenvalue weighted by Gasteiger charge is -2.36. The van der Waals surface area contributed by atoms with E-state index in [0.29, 0.717) is 49.5 Å². The van der Waals surface area contributed by atoms with Crippen molar-refractivity contribution in [2.45, 2.75) is 27.3 Å². The molecule has 0 spiro atoms. The lowest BCUT2D eigenvalue weighted by molar-refractivity contribution is 0.0513. The fraction of sp³-hybridized carbons (Fsp3) is 0.417. The van der Waals surface area contributed by atoms with Crippen LogP contribution in [-0.2, 0) is 11.3 Å². The number of benzene rings is 1. The Bertz CT molecular complexity index is 971. The zero-order valence-electron chi connectivity index (χ0n) is 18.8. The number of esters is 1. The van der Waals surface area contributed by atoms with E-state index in [1.807, 2.05) is 47.6 Å². The summed E-state index contributed by atoms with van der Waals surface area (Å²) in [5, 5.41) is 0. The second kappa shape index (κ2) is 9.73. The Labute approximate surface area is 183 Å². The topological polar surface area (TPSA) is 64.0 Å². The van der Waals surface area contributed by atoms with Crippen LogP contribution in [0.4, 0.5) is 5.69 Å². The third-order valence-corrected chi connectivity index (χ3v) is 5.75. The van der Waals surface area contributed by atoms with E-state index >= 15 is 0 Å². The molecule has 0 bridgehead atoms. The third-order valence-electron chi connectivity index (χ3n) is 5.75. The standard InChI is InChI=1S/C24H31N3O4/c1-6-12-27-18(4)21(17(3)22(27)24(29)31-7-2)23(28)26-15-13-25(14-16-26)19-10-8-9-11-20(19)30-5/h6,8-11H,1,7,12-16H2,2-5H3. The molecule has 0 atom stereocenters. The SMILES string of the molecule is C=CCn1c(C)c(C(=O)N2CCN(c3ccccc3OC)CC2)c(C)c1C(=O)OCC. The minimum absolute atomic E-state index is 0.0527. The number of nitrogens with zero attached hydrogens (tertiary/aromatic N) is 3. The van der Waals surface area contributed by atoms with E-state index < -0.39 is 5.97 Å². The molecule has 1 amide bonds. The van der Waals surface area contributed by atoms with Gasteiger partial charge in [0.15, 0.2) is 0 Å². The molecular weight excluding hydrogens is 394 g/mol. The highest BCUT2D eigenvalue weighted by Gasteiger charge is 2.31. The number of methoxy groups -OCH3 is 1. The number of carbonyl (C=O) groups is 2. The Kier molecular flexibility index (Phi) is 7.05. The highest BCUT2D eigenvalue weighted by molar-refractivity contribution is 6.01. The number of aromatic nitrogens is 1. The van der Waals surface area contributed by atoms with E-state index in [0.717, 1.165) is 17.1 Å². The van der Waals surface area contributed by atoms with Crippen molar-refractivity contribution in [3.8, 4) is 5.75 Å². The van der Waals surface area contributed by atoms with Gasteiger partial charge in [0.05, 0.1) is 25.0 Å². The van der Waals surface area contributed by atoms with Crippen molar-refractivity contribution in [2.75, 3.05) is 44.8 Å². The number of allylic oxidation sites excluding steroid dienone is 1. The van der Waals surface area contributed by atoms with Crippen LogP contribution in [0.2, 0.25) is 0 Å². The maximum Gasteiger partial charge on any atom is 0.355 e. The van der Waals surface area contributed by atoms with E-state index in [1.54, 1.807) is 20.1 Å². The minimum atomic E-state index is -0.412. The third kappa shape index (κ3) is 4.31. The van der Waals surface area contributed by atoms with Gasteiger partial charge in [0, 0.05) is 38.4 Å². The number of hydrogen-bond acceptors (Lipinski definition) is 5. The van der Waals surface area contributed by atoms with Gasteiger partial charge < -0.3 is 23.8 Å². The van der Waals surface area contributed by atoms with Crippen LogP contribution in [0.15, 0.2) is 36.9 Å². The molecule has 1 saturated heterocycles. The molecule has 1 aliphatic rings. The Morgan fingerprint density at radius 3 is 2.42 bits per heavy atom. The molecule has 3 rings (SSSR count). The summed E-state index contributed by atoms with van der Waals surface area (Å²) in [4.78, 5) is 30.1. The first kappa shape index (κ1) is 22.5. The van der Waals surface area contributed by atoms with Gasteiger partial charge in [-0.15, -0.1) is 6.58 Å². The van der Waals surface area contributed by atoms with Gasteiger partial charge in [-0.25, -0.2) is 4.79 Å². The highest BCUT2D eigenvalue weighted by atomic mass is 16.5. The molecule has 0 N–H and O–H groups in total. The molecule has 1 aromatic heterocycles. The van der Waals surface area contributed by atoms with E-state index in [-0.39, 0.29) is 12.5 Å². The van der Waals surface area contributed by atoms with Crippen molar-refractivity contribution in [2.24, 2.45) is 0 Å². The number of hydrogen-bond donors (Lipinski definition) is 0. The van der Waals surface area contributed by atoms with Crippen LogP contribution in [0.5, 0.6) is 5.75 Å². The van der Waals surface area contributed by atoms with Crippen molar-refractivity contribution in [1.82, 2.24) is 9.47 Å². The van der Waals surface area contributed by atoms with Crippen LogP contribution in [0.1, 0.15) is 39.0 Å². The maximum absolute atomic E-state index is 13.4. The molecular formula is C24H31N3O4. The summed E-state index contributed by atoms with van der Waals surface area (Å²) in [5.41, 5.74) is 3.46. The molecule has 2 heterocycles. The Morgan fingerprint density at radius 1 is 1.13 bits per heavy atom. The number of amides is 1. The van der Waals surface area contributed by atoms with Gasteiger partial charge in [-0.05, 0) is 38.5 Å². The van der Waals surface area contributed by atoms with Gasteiger partial charge in [-0.1, -0.05) is 18.2 Å². The summed E-state index contributed by atoms with van der Waals surface area (Å²) < 4.78 is 12.5. The Hall–Kier alpha value is -3.22. The van der Waals surface area contributed by atoms with Crippen LogP contribution in [0, 0.1) is 13.8 Å². The molecule has 2 aromatic rings. The first-order valence-corrected chi connectivity index (χ1v) is 10.6. The van der Waals surface area contributed by atoms with Crippen molar-refractivity contribution in [1.29, 1.82) is 0 Å². The number of ether oxygens (including phenoxy) is 2. The van der Waals surface area contributed by atoms with Crippen molar-refractivity contribution >= 4 is 17.6 Å². The Morgan fingerprint density at radius 2 is 1.81 bits per heavy atom. The fourth-order valence-electron chi connectivity index (χ4n) is 4.23. The molecule has 0 unspecified atom stereocenters. The fourth-order valence-corrected chi connectivity index (χ4v) is 4.23. The monoisotopic (exact) mass is 425 g/mol. The average molecular weight is 426 g/mol. The van der Waals surface area contributed by atoms with Crippen LogP contribution < -0.4 is 9.64 Å². The Balaban J connectivity index is 1.83. The summed E-state index contributed by atoms with van der Waals surface area (Å²) in [6, 6.07) is 7.91. The van der Waals surface area contributed by atoms with E-state index in [4.69, 9.17) is 9.47 Å². The van der Waals surface area contributed by atoms with Crippen molar-refractivity contribution in [3.63, 3.8) is 0 Å². The first-order chi connectivity index (χ1) is 14.9. The maximum atomic E-state index is 13.4. The van der Waals surface area contributed by atoms with Gasteiger partial charge in [-0.2, -0.15) is 0 Å². The van der Waals surface area contributed by atoms with Gasteiger partial charge >= 0.3 is 5.97 Å². The van der Waals surface area contributed by atoms with Crippen molar-refractivity contribution < 1.29 is 19.1 Å². The number of para-hydroxylation sites is 2. The smallest absolute Gasteiger partial charge is 0.355 e. The lowest BCUT2D eigenvalue weighted by Crippen LogP contribution is -2.49. The minimum Gasteiger partial charge on any atom is -0.495 e. The molecule has 1 aliphatic heterocycles. The van der Waals surface area contributed by atoms with Gasteiger partial charge in [0.25, 0.3) is 5.91 Å². The largest absolute Gasteiger partial charge is 0.495 e. The molecule has 7 nitrogen and oxygen atoms in total.